The molecule has 1 aliphatic heterocycles. The van der Waals surface area contributed by atoms with Gasteiger partial charge < -0.3 is 15.1 Å². The molecule has 1 saturated heterocycles. The summed E-state index contributed by atoms with van der Waals surface area (Å²) < 4.78 is 0. The molecule has 1 saturated carbocycles. The zero-order valence-corrected chi connectivity index (χ0v) is 17.2. The predicted molar refractivity (Wildman–Crippen MR) is 114 cm³/mol. The van der Waals surface area contributed by atoms with Crippen LogP contribution in [0.15, 0.2) is 30.5 Å². The SMILES string of the molecule is Cc1nc(Nc2ccccn2)cc(N2CCN(C(=O)CCC3CCCC3)CC2)n1. The number of aryl methyl sites for hydroxylation is 1. The normalized spacial score (nSPS) is 17.6. The van der Waals surface area contributed by atoms with Crippen molar-refractivity contribution >= 4 is 23.4 Å². The average molecular weight is 395 g/mol. The number of rotatable bonds is 6. The first-order valence-electron chi connectivity index (χ1n) is 10.7. The second-order valence-electron chi connectivity index (χ2n) is 8.06. The third kappa shape index (κ3) is 5.22. The third-order valence-corrected chi connectivity index (χ3v) is 5.94. The lowest BCUT2D eigenvalue weighted by molar-refractivity contribution is -0.131. The van der Waals surface area contributed by atoms with Crippen molar-refractivity contribution in [2.45, 2.75) is 45.4 Å². The molecule has 3 heterocycles. The van der Waals surface area contributed by atoms with Crippen LogP contribution in [0.2, 0.25) is 0 Å². The Kier molecular flexibility index (Phi) is 6.22. The number of nitrogens with one attached hydrogen (secondary N) is 1. The van der Waals surface area contributed by atoms with Crippen molar-refractivity contribution in [3.63, 3.8) is 0 Å². The summed E-state index contributed by atoms with van der Waals surface area (Å²) in [5, 5.41) is 3.24. The fourth-order valence-corrected chi connectivity index (χ4v) is 4.32. The first-order valence-corrected chi connectivity index (χ1v) is 10.7. The Morgan fingerprint density at radius 2 is 1.90 bits per heavy atom. The molecule has 2 aromatic rings. The number of amides is 1. The molecular formula is C22H30N6O. The highest BCUT2D eigenvalue weighted by atomic mass is 16.2. The molecule has 0 unspecified atom stereocenters. The highest BCUT2D eigenvalue weighted by Gasteiger charge is 2.24. The number of hydrogen-bond acceptors (Lipinski definition) is 6. The summed E-state index contributed by atoms with van der Waals surface area (Å²) >= 11 is 0. The topological polar surface area (TPSA) is 74.2 Å². The number of carbonyl (C=O) groups excluding carboxylic acids is 1. The largest absolute Gasteiger partial charge is 0.353 e. The number of hydrogen-bond donors (Lipinski definition) is 1. The Balaban J connectivity index is 1.32. The second kappa shape index (κ2) is 9.20. The Hall–Kier alpha value is -2.70. The molecule has 0 atom stereocenters. The van der Waals surface area contributed by atoms with Crippen molar-refractivity contribution in [1.82, 2.24) is 19.9 Å². The van der Waals surface area contributed by atoms with E-state index in [-0.39, 0.29) is 0 Å². The van der Waals surface area contributed by atoms with Gasteiger partial charge in [0.1, 0.15) is 23.3 Å². The van der Waals surface area contributed by atoms with E-state index in [9.17, 15) is 4.79 Å². The standard InChI is InChI=1S/C22H30N6O/c1-17-24-20(26-19-8-4-5-11-23-19)16-21(25-17)27-12-14-28(15-13-27)22(29)10-9-18-6-2-3-7-18/h4-5,8,11,16,18H,2-3,6-7,9-10,12-15H2,1H3,(H,23,24,25,26). The molecular weight excluding hydrogens is 364 g/mol. The van der Waals surface area contributed by atoms with Gasteiger partial charge in [-0.1, -0.05) is 31.7 Å². The number of carbonyl (C=O) groups is 1. The van der Waals surface area contributed by atoms with E-state index in [1.165, 1.54) is 25.7 Å². The molecule has 7 nitrogen and oxygen atoms in total. The summed E-state index contributed by atoms with van der Waals surface area (Å²) in [4.78, 5) is 30.2. The highest BCUT2D eigenvalue weighted by Crippen LogP contribution is 2.29. The molecule has 2 fully saturated rings. The summed E-state index contributed by atoms with van der Waals surface area (Å²) in [7, 11) is 0. The highest BCUT2D eigenvalue weighted by molar-refractivity contribution is 5.76. The summed E-state index contributed by atoms with van der Waals surface area (Å²) in [5.41, 5.74) is 0. The molecule has 2 aliphatic rings. The Labute approximate surface area is 172 Å². The smallest absolute Gasteiger partial charge is 0.222 e. The van der Waals surface area contributed by atoms with Crippen LogP contribution >= 0.6 is 0 Å². The first-order chi connectivity index (χ1) is 14.2. The lowest BCUT2D eigenvalue weighted by atomic mass is 10.0. The van der Waals surface area contributed by atoms with E-state index in [4.69, 9.17) is 0 Å². The van der Waals surface area contributed by atoms with Crippen LogP contribution in [-0.2, 0) is 4.79 Å². The molecule has 1 aliphatic carbocycles. The lowest BCUT2D eigenvalue weighted by Gasteiger charge is -2.35. The fraction of sp³-hybridized carbons (Fsp3) is 0.545. The van der Waals surface area contributed by atoms with E-state index in [1.807, 2.05) is 36.1 Å². The van der Waals surface area contributed by atoms with Crippen molar-refractivity contribution in [3.8, 4) is 0 Å². The molecule has 4 rings (SSSR count). The number of aromatic nitrogens is 3. The summed E-state index contributed by atoms with van der Waals surface area (Å²) in [6, 6.07) is 7.69. The Bertz CT molecular complexity index is 813. The van der Waals surface area contributed by atoms with Crippen molar-refractivity contribution in [2.24, 2.45) is 5.92 Å². The van der Waals surface area contributed by atoms with E-state index < -0.39 is 0 Å². The van der Waals surface area contributed by atoms with Crippen LogP contribution in [0, 0.1) is 12.8 Å². The van der Waals surface area contributed by atoms with Crippen LogP contribution in [0.5, 0.6) is 0 Å². The van der Waals surface area contributed by atoms with Gasteiger partial charge in [0, 0.05) is 44.9 Å². The second-order valence-corrected chi connectivity index (χ2v) is 8.06. The van der Waals surface area contributed by atoms with Crippen LogP contribution in [0.25, 0.3) is 0 Å². The lowest BCUT2D eigenvalue weighted by Crippen LogP contribution is -2.49. The van der Waals surface area contributed by atoms with Crippen LogP contribution < -0.4 is 10.2 Å². The van der Waals surface area contributed by atoms with Crippen LogP contribution in [0.3, 0.4) is 0 Å². The van der Waals surface area contributed by atoms with Gasteiger partial charge in [-0.2, -0.15) is 0 Å². The number of anilines is 3. The molecule has 0 aromatic carbocycles. The van der Waals surface area contributed by atoms with Crippen molar-refractivity contribution in [2.75, 3.05) is 36.4 Å². The van der Waals surface area contributed by atoms with Crippen LogP contribution in [-0.4, -0.2) is 51.9 Å². The third-order valence-electron chi connectivity index (χ3n) is 5.94. The number of nitrogens with zero attached hydrogens (tertiary/aromatic N) is 5. The molecule has 29 heavy (non-hydrogen) atoms. The molecule has 2 aromatic heterocycles. The first kappa shape index (κ1) is 19.6. The van der Waals surface area contributed by atoms with Gasteiger partial charge in [-0.25, -0.2) is 15.0 Å². The monoisotopic (exact) mass is 394 g/mol. The van der Waals surface area contributed by atoms with Crippen molar-refractivity contribution in [1.29, 1.82) is 0 Å². The van der Waals surface area contributed by atoms with E-state index in [0.29, 0.717) is 12.3 Å². The maximum absolute atomic E-state index is 12.6. The van der Waals surface area contributed by atoms with Crippen LogP contribution in [0.1, 0.15) is 44.3 Å². The van der Waals surface area contributed by atoms with Crippen molar-refractivity contribution < 1.29 is 4.79 Å². The quantitative estimate of drug-likeness (QED) is 0.808. The summed E-state index contributed by atoms with van der Waals surface area (Å²) in [6.07, 6.45) is 8.81. The van der Waals surface area contributed by atoms with Gasteiger partial charge in [0.05, 0.1) is 0 Å². The van der Waals surface area contributed by atoms with Crippen LogP contribution in [0.4, 0.5) is 17.5 Å². The minimum Gasteiger partial charge on any atom is -0.353 e. The summed E-state index contributed by atoms with van der Waals surface area (Å²) in [5.74, 6) is 4.20. The van der Waals surface area contributed by atoms with Gasteiger partial charge >= 0.3 is 0 Å². The minimum absolute atomic E-state index is 0.313. The molecule has 0 spiro atoms. The molecule has 0 radical (unpaired) electrons. The summed E-state index contributed by atoms with van der Waals surface area (Å²) in [6.45, 7) is 5.02. The Morgan fingerprint density at radius 1 is 1.10 bits per heavy atom. The van der Waals surface area contributed by atoms with E-state index in [1.54, 1.807) is 6.20 Å². The fourth-order valence-electron chi connectivity index (χ4n) is 4.32. The van der Waals surface area contributed by atoms with Gasteiger partial charge in [-0.3, -0.25) is 4.79 Å². The molecule has 7 heteroatoms. The van der Waals surface area contributed by atoms with Crippen molar-refractivity contribution in [3.05, 3.63) is 36.3 Å². The minimum atomic E-state index is 0.313. The van der Waals surface area contributed by atoms with E-state index in [2.05, 4.69) is 25.2 Å². The zero-order valence-electron chi connectivity index (χ0n) is 17.2. The van der Waals surface area contributed by atoms with Gasteiger partial charge in [-0.05, 0) is 31.4 Å². The molecule has 154 valence electrons. The number of piperazine rings is 1. The Morgan fingerprint density at radius 3 is 2.62 bits per heavy atom. The molecule has 1 N–H and O–H groups in total. The number of pyridine rings is 1. The van der Waals surface area contributed by atoms with Gasteiger partial charge in [-0.15, -0.1) is 0 Å². The maximum atomic E-state index is 12.6. The van der Waals surface area contributed by atoms with E-state index >= 15 is 0 Å². The molecule has 0 bridgehead atoms. The maximum Gasteiger partial charge on any atom is 0.222 e. The van der Waals surface area contributed by atoms with Gasteiger partial charge in [0.2, 0.25) is 5.91 Å². The average Bonchev–Trinajstić information content (AvgIpc) is 3.26. The molecule has 1 amide bonds. The predicted octanol–water partition coefficient (Wildman–Crippen LogP) is 3.54. The van der Waals surface area contributed by atoms with E-state index in [0.717, 1.165) is 61.8 Å². The van der Waals surface area contributed by atoms with Gasteiger partial charge in [0.15, 0.2) is 0 Å². The zero-order chi connectivity index (χ0) is 20.1. The van der Waals surface area contributed by atoms with Gasteiger partial charge in [0.25, 0.3) is 0 Å².